The lowest BCUT2D eigenvalue weighted by Crippen LogP contribution is -1.73. The minimum atomic E-state index is 0.731. The zero-order chi connectivity index (χ0) is 8.81. The number of nitrogens with zero attached hydrogens (tertiary/aromatic N) is 1. The van der Waals surface area contributed by atoms with Crippen molar-refractivity contribution in [3.63, 3.8) is 0 Å². The lowest BCUT2D eigenvalue weighted by atomic mass is 10.2. The first kappa shape index (κ1) is 9.15. The first-order valence-corrected chi connectivity index (χ1v) is 5.03. The summed E-state index contributed by atoms with van der Waals surface area (Å²) in [6.45, 7) is 1.97. The molecule has 1 aliphatic rings. The Kier molecular flexibility index (Phi) is 3.69. The normalized spacial score (nSPS) is 12.3. The van der Waals surface area contributed by atoms with Crippen molar-refractivity contribution in [3.05, 3.63) is 35.4 Å². The van der Waals surface area contributed by atoms with Gasteiger partial charge < -0.3 is 0 Å². The van der Waals surface area contributed by atoms with E-state index in [2.05, 4.69) is 6.07 Å². The fourth-order valence-corrected chi connectivity index (χ4v) is 0.715. The Hall–Kier alpha value is -0.940. The van der Waals surface area contributed by atoms with E-state index in [4.69, 9.17) is 5.26 Å². The molecule has 0 atom stereocenters. The van der Waals surface area contributed by atoms with Gasteiger partial charge in [-0.1, -0.05) is 12.1 Å². The number of rotatable bonds is 0. The van der Waals surface area contributed by atoms with Gasteiger partial charge >= 0.3 is 0 Å². The molecule has 0 unspecified atom stereocenters. The predicted octanol–water partition coefficient (Wildman–Crippen LogP) is 2.60. The average Bonchev–Trinajstić information content (AvgIpc) is 2.90. The van der Waals surface area contributed by atoms with Crippen molar-refractivity contribution in [2.75, 3.05) is 11.5 Å². The maximum atomic E-state index is 8.41. The molecular weight excluding hydrogens is 166 g/mol. The highest BCUT2D eigenvalue weighted by Crippen LogP contribution is 2.14. The molecule has 2 heteroatoms. The van der Waals surface area contributed by atoms with Gasteiger partial charge in [-0.25, -0.2) is 0 Å². The maximum absolute atomic E-state index is 8.41. The molecule has 1 aromatic rings. The Bertz CT molecular complexity index is 283. The van der Waals surface area contributed by atoms with Gasteiger partial charge in [0, 0.05) is 11.5 Å². The molecule has 0 amide bonds. The van der Waals surface area contributed by atoms with Crippen LogP contribution >= 0.6 is 11.8 Å². The molecule has 2 rings (SSSR count). The molecule has 1 aromatic carbocycles. The summed E-state index contributed by atoms with van der Waals surface area (Å²) in [5.41, 5.74) is 1.86. The molecule has 0 aliphatic carbocycles. The quantitative estimate of drug-likeness (QED) is 0.569. The Morgan fingerprint density at radius 3 is 2.42 bits per heavy atom. The van der Waals surface area contributed by atoms with E-state index in [1.54, 1.807) is 6.07 Å². The number of nitriles is 1. The third kappa shape index (κ3) is 4.05. The number of aryl methyl sites for hydroxylation is 1. The molecule has 0 spiro atoms. The molecule has 0 saturated carbocycles. The van der Waals surface area contributed by atoms with Crippen LogP contribution in [0.4, 0.5) is 0 Å². The molecule has 0 radical (unpaired) electrons. The van der Waals surface area contributed by atoms with E-state index in [0.29, 0.717) is 0 Å². The highest BCUT2D eigenvalue weighted by atomic mass is 32.2. The second-order valence-electron chi connectivity index (χ2n) is 2.59. The Morgan fingerprint density at radius 2 is 2.08 bits per heavy atom. The van der Waals surface area contributed by atoms with Crippen LogP contribution in [0, 0.1) is 18.3 Å². The van der Waals surface area contributed by atoms with Gasteiger partial charge in [-0.3, -0.25) is 0 Å². The highest BCUT2D eigenvalue weighted by Gasteiger charge is 1.95. The molecule has 1 aliphatic heterocycles. The first-order valence-electron chi connectivity index (χ1n) is 3.87. The molecule has 1 fully saturated rings. The SMILES string of the molecule is C1CS1.Cc1cccc(C#N)c1. The van der Waals surface area contributed by atoms with Gasteiger partial charge in [0.2, 0.25) is 0 Å². The Balaban J connectivity index is 0.000000200. The van der Waals surface area contributed by atoms with Gasteiger partial charge in [0.05, 0.1) is 11.6 Å². The molecule has 0 bridgehead atoms. The van der Waals surface area contributed by atoms with Crippen LogP contribution in [0.3, 0.4) is 0 Å². The minimum Gasteiger partial charge on any atom is -0.192 e. The van der Waals surface area contributed by atoms with Gasteiger partial charge in [0.1, 0.15) is 0 Å². The van der Waals surface area contributed by atoms with Crippen molar-refractivity contribution in [1.29, 1.82) is 5.26 Å². The summed E-state index contributed by atoms with van der Waals surface area (Å²) in [6.07, 6.45) is 0. The first-order chi connectivity index (χ1) is 5.83. The van der Waals surface area contributed by atoms with E-state index >= 15 is 0 Å². The van der Waals surface area contributed by atoms with E-state index in [-0.39, 0.29) is 0 Å². The predicted molar refractivity (Wildman–Crippen MR) is 53.2 cm³/mol. The van der Waals surface area contributed by atoms with Gasteiger partial charge in [-0.15, -0.1) is 0 Å². The second-order valence-corrected chi connectivity index (χ2v) is 3.82. The third-order valence-electron chi connectivity index (χ3n) is 1.35. The van der Waals surface area contributed by atoms with Crippen molar-refractivity contribution < 1.29 is 0 Å². The summed E-state index contributed by atoms with van der Waals surface area (Å²) in [7, 11) is 0. The largest absolute Gasteiger partial charge is 0.192 e. The fourth-order valence-electron chi connectivity index (χ4n) is 0.715. The van der Waals surface area contributed by atoms with Crippen LogP contribution in [0.15, 0.2) is 24.3 Å². The number of hydrogen-bond donors (Lipinski definition) is 0. The minimum absolute atomic E-state index is 0.731. The molecule has 0 N–H and O–H groups in total. The maximum Gasteiger partial charge on any atom is 0.0991 e. The molecule has 62 valence electrons. The Labute approximate surface area is 77.4 Å². The summed E-state index contributed by atoms with van der Waals surface area (Å²) in [5, 5.41) is 8.41. The van der Waals surface area contributed by atoms with Gasteiger partial charge in [-0.2, -0.15) is 17.0 Å². The summed E-state index contributed by atoms with van der Waals surface area (Å²) in [4.78, 5) is 0. The standard InChI is InChI=1S/C8H7N.C2H4S/c1-7-3-2-4-8(5-7)6-9;1-2-3-1/h2-5H,1H3;1-2H2. The zero-order valence-corrected chi connectivity index (χ0v) is 7.90. The Morgan fingerprint density at radius 1 is 1.42 bits per heavy atom. The third-order valence-corrected chi connectivity index (χ3v) is 1.76. The van der Waals surface area contributed by atoms with Crippen LogP contribution in [0.25, 0.3) is 0 Å². The molecule has 12 heavy (non-hydrogen) atoms. The molecular formula is C10H11NS. The highest BCUT2D eigenvalue weighted by molar-refractivity contribution is 8.06. The van der Waals surface area contributed by atoms with E-state index in [9.17, 15) is 0 Å². The summed E-state index contributed by atoms with van der Waals surface area (Å²) < 4.78 is 0. The second kappa shape index (κ2) is 4.84. The lowest BCUT2D eigenvalue weighted by Gasteiger charge is -1.88. The van der Waals surface area contributed by atoms with Crippen LogP contribution in [0.2, 0.25) is 0 Å². The van der Waals surface area contributed by atoms with Crippen molar-refractivity contribution in [2.24, 2.45) is 0 Å². The van der Waals surface area contributed by atoms with Crippen molar-refractivity contribution in [1.82, 2.24) is 0 Å². The molecule has 1 saturated heterocycles. The van der Waals surface area contributed by atoms with E-state index in [1.165, 1.54) is 11.5 Å². The van der Waals surface area contributed by atoms with E-state index in [1.807, 2.05) is 36.9 Å². The van der Waals surface area contributed by atoms with Crippen LogP contribution in [-0.4, -0.2) is 11.5 Å². The summed E-state index contributed by atoms with van der Waals surface area (Å²) in [6, 6.07) is 9.58. The van der Waals surface area contributed by atoms with Gasteiger partial charge in [0.15, 0.2) is 0 Å². The van der Waals surface area contributed by atoms with Crippen LogP contribution in [0.5, 0.6) is 0 Å². The monoisotopic (exact) mass is 177 g/mol. The van der Waals surface area contributed by atoms with E-state index < -0.39 is 0 Å². The molecule has 0 aromatic heterocycles. The molecule has 1 heterocycles. The summed E-state index contributed by atoms with van der Waals surface area (Å²) in [5.74, 6) is 2.83. The smallest absolute Gasteiger partial charge is 0.0991 e. The van der Waals surface area contributed by atoms with E-state index in [0.717, 1.165) is 11.1 Å². The number of hydrogen-bond acceptors (Lipinski definition) is 2. The zero-order valence-electron chi connectivity index (χ0n) is 7.08. The topological polar surface area (TPSA) is 23.8 Å². The lowest BCUT2D eigenvalue weighted by molar-refractivity contribution is 1.42. The van der Waals surface area contributed by atoms with Gasteiger partial charge in [-0.05, 0) is 24.6 Å². The van der Waals surface area contributed by atoms with Crippen LogP contribution in [0.1, 0.15) is 11.1 Å². The number of thioether (sulfide) groups is 1. The average molecular weight is 177 g/mol. The van der Waals surface area contributed by atoms with Crippen molar-refractivity contribution >= 4 is 11.8 Å². The van der Waals surface area contributed by atoms with Crippen molar-refractivity contribution in [2.45, 2.75) is 6.92 Å². The van der Waals surface area contributed by atoms with Crippen molar-refractivity contribution in [3.8, 4) is 6.07 Å². The molecule has 1 nitrogen and oxygen atoms in total. The van der Waals surface area contributed by atoms with Crippen LogP contribution < -0.4 is 0 Å². The number of benzene rings is 1. The summed E-state index contributed by atoms with van der Waals surface area (Å²) >= 11 is 2.00. The van der Waals surface area contributed by atoms with Gasteiger partial charge in [0.25, 0.3) is 0 Å². The fraction of sp³-hybridized carbons (Fsp3) is 0.300. The van der Waals surface area contributed by atoms with Crippen LogP contribution in [-0.2, 0) is 0 Å².